The standard InChI is InChI=1S/C14H15N3O2/c1-9-5-3-4-6-12(9)17(2)13-10(15)7-8-11(16-13)14(18)19/h3-8H,15H2,1-2H3,(H,18,19). The molecule has 19 heavy (non-hydrogen) atoms. The lowest BCUT2D eigenvalue weighted by Crippen LogP contribution is -2.16. The van der Waals surface area contributed by atoms with Gasteiger partial charge in [0.2, 0.25) is 0 Å². The lowest BCUT2D eigenvalue weighted by molar-refractivity contribution is 0.0690. The van der Waals surface area contributed by atoms with Crippen molar-refractivity contribution < 1.29 is 9.90 Å². The second-order valence-corrected chi connectivity index (χ2v) is 4.26. The average Bonchev–Trinajstić information content (AvgIpc) is 2.38. The van der Waals surface area contributed by atoms with Crippen LogP contribution in [0.5, 0.6) is 0 Å². The zero-order chi connectivity index (χ0) is 14.0. The Hall–Kier alpha value is -2.56. The summed E-state index contributed by atoms with van der Waals surface area (Å²) in [6.07, 6.45) is 0. The molecule has 0 saturated carbocycles. The molecule has 2 rings (SSSR count). The minimum Gasteiger partial charge on any atom is -0.477 e. The van der Waals surface area contributed by atoms with Gasteiger partial charge in [0.1, 0.15) is 0 Å². The van der Waals surface area contributed by atoms with Gasteiger partial charge in [-0.1, -0.05) is 18.2 Å². The summed E-state index contributed by atoms with van der Waals surface area (Å²) >= 11 is 0. The van der Waals surface area contributed by atoms with Gasteiger partial charge in [0.05, 0.1) is 5.69 Å². The summed E-state index contributed by atoms with van der Waals surface area (Å²) in [7, 11) is 1.81. The number of pyridine rings is 1. The summed E-state index contributed by atoms with van der Waals surface area (Å²) in [4.78, 5) is 16.8. The van der Waals surface area contributed by atoms with Crippen LogP contribution in [-0.4, -0.2) is 23.1 Å². The van der Waals surface area contributed by atoms with Gasteiger partial charge in [-0.15, -0.1) is 0 Å². The van der Waals surface area contributed by atoms with Crippen LogP contribution < -0.4 is 10.6 Å². The van der Waals surface area contributed by atoms with Crippen molar-refractivity contribution in [2.45, 2.75) is 6.92 Å². The number of carboxylic acids is 1. The maximum absolute atomic E-state index is 11.0. The molecule has 1 heterocycles. The number of carboxylic acid groups (broad SMARTS) is 1. The van der Waals surface area contributed by atoms with Crippen molar-refractivity contribution in [3.8, 4) is 0 Å². The molecule has 0 amide bonds. The predicted octanol–water partition coefficient (Wildman–Crippen LogP) is 2.44. The fourth-order valence-electron chi connectivity index (χ4n) is 1.90. The Balaban J connectivity index is 2.49. The number of nitrogens with zero attached hydrogens (tertiary/aromatic N) is 2. The van der Waals surface area contributed by atoms with Gasteiger partial charge in [0.25, 0.3) is 0 Å². The van der Waals surface area contributed by atoms with Crippen molar-refractivity contribution in [2.24, 2.45) is 0 Å². The summed E-state index contributed by atoms with van der Waals surface area (Å²) in [6, 6.07) is 10.7. The first-order valence-electron chi connectivity index (χ1n) is 5.80. The minimum absolute atomic E-state index is 0.0235. The molecule has 0 unspecified atom stereocenters. The Morgan fingerprint density at radius 2 is 1.95 bits per heavy atom. The van der Waals surface area contributed by atoms with Gasteiger partial charge in [0, 0.05) is 12.7 Å². The molecular formula is C14H15N3O2. The summed E-state index contributed by atoms with van der Waals surface area (Å²) in [5.41, 5.74) is 8.29. The van der Waals surface area contributed by atoms with Gasteiger partial charge in [-0.05, 0) is 30.7 Å². The van der Waals surface area contributed by atoms with E-state index in [1.165, 1.54) is 6.07 Å². The molecule has 0 aliphatic carbocycles. The molecule has 3 N–H and O–H groups in total. The fraction of sp³-hybridized carbons (Fsp3) is 0.143. The van der Waals surface area contributed by atoms with Crippen LogP contribution in [0.3, 0.4) is 0 Å². The van der Waals surface area contributed by atoms with E-state index in [9.17, 15) is 4.79 Å². The largest absolute Gasteiger partial charge is 0.477 e. The van der Waals surface area contributed by atoms with Crippen molar-refractivity contribution in [1.29, 1.82) is 0 Å². The van der Waals surface area contributed by atoms with Crippen LogP contribution in [-0.2, 0) is 0 Å². The van der Waals surface area contributed by atoms with E-state index in [4.69, 9.17) is 10.8 Å². The van der Waals surface area contributed by atoms with Crippen LogP contribution in [0.15, 0.2) is 36.4 Å². The molecule has 1 aromatic carbocycles. The Bertz CT molecular complexity index is 626. The number of nitrogens with two attached hydrogens (primary N) is 1. The van der Waals surface area contributed by atoms with E-state index in [0.29, 0.717) is 11.5 Å². The van der Waals surface area contributed by atoms with Gasteiger partial charge in [0.15, 0.2) is 11.5 Å². The number of carbonyl (C=O) groups is 1. The Kier molecular flexibility index (Phi) is 3.37. The van der Waals surface area contributed by atoms with Crippen LogP contribution in [0.4, 0.5) is 17.2 Å². The third-order valence-electron chi connectivity index (χ3n) is 2.92. The van der Waals surface area contributed by atoms with Crippen LogP contribution in [0.1, 0.15) is 16.1 Å². The number of hydrogen-bond donors (Lipinski definition) is 2. The zero-order valence-electron chi connectivity index (χ0n) is 10.8. The highest BCUT2D eigenvalue weighted by molar-refractivity contribution is 5.87. The van der Waals surface area contributed by atoms with Gasteiger partial charge in [-0.2, -0.15) is 0 Å². The zero-order valence-corrected chi connectivity index (χ0v) is 10.8. The molecule has 0 fully saturated rings. The van der Waals surface area contributed by atoms with E-state index in [-0.39, 0.29) is 5.69 Å². The van der Waals surface area contributed by atoms with E-state index in [2.05, 4.69) is 4.98 Å². The maximum Gasteiger partial charge on any atom is 0.354 e. The second-order valence-electron chi connectivity index (χ2n) is 4.26. The number of para-hydroxylation sites is 1. The first kappa shape index (κ1) is 12.9. The van der Waals surface area contributed by atoms with Crippen LogP contribution in [0.2, 0.25) is 0 Å². The van der Waals surface area contributed by atoms with E-state index in [0.717, 1.165) is 11.3 Å². The number of rotatable bonds is 3. The van der Waals surface area contributed by atoms with E-state index >= 15 is 0 Å². The SMILES string of the molecule is Cc1ccccc1N(C)c1nc(C(=O)O)ccc1N. The highest BCUT2D eigenvalue weighted by Crippen LogP contribution is 2.29. The number of aromatic carboxylic acids is 1. The number of benzene rings is 1. The predicted molar refractivity (Wildman–Crippen MR) is 74.9 cm³/mol. The Morgan fingerprint density at radius 3 is 2.58 bits per heavy atom. The highest BCUT2D eigenvalue weighted by atomic mass is 16.4. The second kappa shape index (κ2) is 4.97. The molecule has 5 nitrogen and oxygen atoms in total. The van der Waals surface area contributed by atoms with Crippen LogP contribution in [0.25, 0.3) is 0 Å². The van der Waals surface area contributed by atoms with Crippen molar-refractivity contribution >= 4 is 23.2 Å². The normalized spacial score (nSPS) is 10.2. The molecule has 2 aromatic rings. The fourth-order valence-corrected chi connectivity index (χ4v) is 1.90. The van der Waals surface area contributed by atoms with E-state index in [1.807, 2.05) is 38.2 Å². The number of hydrogen-bond acceptors (Lipinski definition) is 4. The number of aromatic nitrogens is 1. The Morgan fingerprint density at radius 1 is 1.26 bits per heavy atom. The van der Waals surface area contributed by atoms with Gasteiger partial charge < -0.3 is 15.7 Å². The third kappa shape index (κ3) is 2.49. The van der Waals surface area contributed by atoms with E-state index < -0.39 is 5.97 Å². The molecule has 5 heteroatoms. The topological polar surface area (TPSA) is 79.5 Å². The summed E-state index contributed by atoms with van der Waals surface area (Å²) in [5.74, 6) is -0.631. The highest BCUT2D eigenvalue weighted by Gasteiger charge is 2.14. The monoisotopic (exact) mass is 257 g/mol. The number of nitrogen functional groups attached to an aromatic ring is 1. The smallest absolute Gasteiger partial charge is 0.354 e. The number of anilines is 3. The number of aryl methyl sites for hydroxylation is 1. The maximum atomic E-state index is 11.0. The molecule has 0 saturated heterocycles. The van der Waals surface area contributed by atoms with Gasteiger partial charge >= 0.3 is 5.97 Å². The van der Waals surface area contributed by atoms with Crippen molar-refractivity contribution in [3.05, 3.63) is 47.7 Å². The lowest BCUT2D eigenvalue weighted by atomic mass is 10.2. The minimum atomic E-state index is -1.07. The molecule has 98 valence electrons. The summed E-state index contributed by atoms with van der Waals surface area (Å²) < 4.78 is 0. The Labute approximate surface area is 111 Å². The molecule has 0 spiro atoms. The van der Waals surface area contributed by atoms with Gasteiger partial charge in [-0.25, -0.2) is 9.78 Å². The molecule has 0 aliphatic heterocycles. The van der Waals surface area contributed by atoms with Crippen molar-refractivity contribution in [1.82, 2.24) is 4.98 Å². The molecule has 0 radical (unpaired) electrons. The first-order chi connectivity index (χ1) is 9.00. The van der Waals surface area contributed by atoms with Crippen molar-refractivity contribution in [3.63, 3.8) is 0 Å². The molecule has 0 bridgehead atoms. The third-order valence-corrected chi connectivity index (χ3v) is 2.92. The quantitative estimate of drug-likeness (QED) is 0.882. The average molecular weight is 257 g/mol. The summed E-state index contributed by atoms with van der Waals surface area (Å²) in [6.45, 7) is 1.98. The van der Waals surface area contributed by atoms with E-state index in [1.54, 1.807) is 11.0 Å². The molecule has 0 aliphatic rings. The van der Waals surface area contributed by atoms with Gasteiger partial charge in [-0.3, -0.25) is 0 Å². The molecular weight excluding hydrogens is 242 g/mol. The van der Waals surface area contributed by atoms with Crippen LogP contribution in [0, 0.1) is 6.92 Å². The van der Waals surface area contributed by atoms with Crippen molar-refractivity contribution in [2.75, 3.05) is 17.7 Å². The molecule has 0 atom stereocenters. The first-order valence-corrected chi connectivity index (χ1v) is 5.80. The van der Waals surface area contributed by atoms with Crippen LogP contribution >= 0.6 is 0 Å². The summed E-state index contributed by atoms with van der Waals surface area (Å²) in [5, 5.41) is 8.99. The molecule has 1 aromatic heterocycles. The lowest BCUT2D eigenvalue weighted by Gasteiger charge is -2.22.